The van der Waals surface area contributed by atoms with E-state index in [9.17, 15) is 18.4 Å². The highest BCUT2D eigenvalue weighted by atomic mass is 79.9. The van der Waals surface area contributed by atoms with Crippen molar-refractivity contribution < 1.29 is 18.4 Å². The topological polar surface area (TPSA) is 133 Å². The number of halogens is 3. The number of nitrogens with zero attached hydrogens (tertiary/aromatic N) is 6. The number of primary amides is 1. The summed E-state index contributed by atoms with van der Waals surface area (Å²) in [6, 6.07) is 2.90. The summed E-state index contributed by atoms with van der Waals surface area (Å²) in [6.07, 6.45) is 1.88. The van der Waals surface area contributed by atoms with E-state index in [2.05, 4.69) is 41.4 Å². The molecule has 0 fully saturated rings. The summed E-state index contributed by atoms with van der Waals surface area (Å²) in [5.74, 6) is -1.49. The number of nitrogens with two attached hydrogens (primary N) is 1. The second kappa shape index (κ2) is 9.02. The third-order valence-corrected chi connectivity index (χ3v) is 7.44. The van der Waals surface area contributed by atoms with Gasteiger partial charge in [-0.05, 0) is 47.5 Å². The van der Waals surface area contributed by atoms with Crippen molar-refractivity contribution in [1.29, 1.82) is 0 Å². The Hall–Kier alpha value is -3.78. The highest BCUT2D eigenvalue weighted by Crippen LogP contribution is 2.43. The SMILES string of the molecule is CCn1ncc(-c2cc(C(F)F)nc3sc(C(N)=O)c(NC(=O)c4nn5cccnc5c4Br)c23)c1C. The van der Waals surface area contributed by atoms with E-state index >= 15 is 0 Å². The minimum absolute atomic E-state index is 0.0113. The Morgan fingerprint density at radius 1 is 1.31 bits per heavy atom. The minimum Gasteiger partial charge on any atom is -0.365 e. The lowest BCUT2D eigenvalue weighted by atomic mass is 10.0. The number of nitrogens with one attached hydrogen (secondary N) is 1. The Labute approximate surface area is 214 Å². The Morgan fingerprint density at radius 2 is 2.08 bits per heavy atom. The van der Waals surface area contributed by atoms with Crippen molar-refractivity contribution in [3.63, 3.8) is 0 Å². The van der Waals surface area contributed by atoms with Gasteiger partial charge in [-0.25, -0.2) is 23.3 Å². The Kier molecular flexibility index (Phi) is 6.00. The summed E-state index contributed by atoms with van der Waals surface area (Å²) in [7, 11) is 0. The first-order valence-corrected chi connectivity index (χ1v) is 12.2. The molecule has 5 aromatic heterocycles. The highest BCUT2D eigenvalue weighted by molar-refractivity contribution is 9.10. The molecule has 0 spiro atoms. The molecular weight excluding hydrogens is 558 g/mol. The molecule has 0 aliphatic rings. The average molecular weight is 575 g/mol. The second-order valence-corrected chi connectivity index (χ2v) is 9.50. The van der Waals surface area contributed by atoms with Crippen LogP contribution in [0.25, 0.3) is 27.0 Å². The fourth-order valence-corrected chi connectivity index (χ4v) is 5.50. The van der Waals surface area contributed by atoms with Gasteiger partial charge in [0.2, 0.25) is 0 Å². The van der Waals surface area contributed by atoms with Crippen LogP contribution in [0.3, 0.4) is 0 Å². The smallest absolute Gasteiger partial charge is 0.280 e. The number of hydrogen-bond donors (Lipinski definition) is 2. The zero-order chi connectivity index (χ0) is 25.7. The Balaban J connectivity index is 1.74. The maximum Gasteiger partial charge on any atom is 0.280 e. The first kappa shape index (κ1) is 23.9. The van der Waals surface area contributed by atoms with Crippen LogP contribution >= 0.6 is 27.3 Å². The van der Waals surface area contributed by atoms with E-state index in [4.69, 9.17) is 5.73 Å². The highest BCUT2D eigenvalue weighted by Gasteiger charge is 2.28. The number of carbonyl (C=O) groups is 2. The minimum atomic E-state index is -2.85. The summed E-state index contributed by atoms with van der Waals surface area (Å²) in [5.41, 5.74) is 7.28. The first-order valence-electron chi connectivity index (χ1n) is 10.6. The van der Waals surface area contributed by atoms with Crippen LogP contribution in [0.15, 0.2) is 35.2 Å². The predicted molar refractivity (Wildman–Crippen MR) is 133 cm³/mol. The molecule has 0 bridgehead atoms. The van der Waals surface area contributed by atoms with Gasteiger partial charge in [0.25, 0.3) is 18.2 Å². The lowest BCUT2D eigenvalue weighted by Gasteiger charge is -2.10. The van der Waals surface area contributed by atoms with Gasteiger partial charge in [-0.15, -0.1) is 11.3 Å². The fraction of sp³-hybridized carbons (Fsp3) is 0.182. The lowest BCUT2D eigenvalue weighted by Crippen LogP contribution is -2.17. The van der Waals surface area contributed by atoms with Crippen LogP contribution in [0.2, 0.25) is 0 Å². The zero-order valence-corrected chi connectivity index (χ0v) is 21.2. The van der Waals surface area contributed by atoms with Crippen molar-refractivity contribution in [1.82, 2.24) is 29.4 Å². The van der Waals surface area contributed by atoms with Gasteiger partial charge in [-0.2, -0.15) is 10.2 Å². The molecule has 0 saturated carbocycles. The van der Waals surface area contributed by atoms with E-state index in [1.165, 1.54) is 10.6 Å². The number of thiophene rings is 1. The summed E-state index contributed by atoms with van der Waals surface area (Å²) >= 11 is 4.17. The summed E-state index contributed by atoms with van der Waals surface area (Å²) in [5, 5.41) is 11.6. The van der Waals surface area contributed by atoms with Crippen molar-refractivity contribution >= 4 is 60.6 Å². The maximum absolute atomic E-state index is 13.7. The van der Waals surface area contributed by atoms with Crippen molar-refractivity contribution in [2.75, 3.05) is 5.32 Å². The molecule has 5 rings (SSSR count). The molecule has 0 saturated heterocycles. The third kappa shape index (κ3) is 3.82. The predicted octanol–water partition coefficient (Wildman–Crippen LogP) is 4.58. The van der Waals surface area contributed by atoms with Crippen LogP contribution in [0.5, 0.6) is 0 Å². The molecule has 10 nitrogen and oxygen atoms in total. The molecule has 0 aliphatic heterocycles. The maximum atomic E-state index is 13.7. The number of fused-ring (bicyclic) bond motifs is 2. The molecule has 0 radical (unpaired) electrons. The van der Waals surface area contributed by atoms with Gasteiger partial charge < -0.3 is 11.1 Å². The van der Waals surface area contributed by atoms with Gasteiger partial charge in [0.05, 0.1) is 16.4 Å². The number of anilines is 1. The number of pyridine rings is 1. The molecule has 14 heteroatoms. The Morgan fingerprint density at radius 3 is 2.72 bits per heavy atom. The van der Waals surface area contributed by atoms with Crippen LogP contribution < -0.4 is 11.1 Å². The number of aryl methyl sites for hydroxylation is 1. The largest absolute Gasteiger partial charge is 0.365 e. The number of amides is 2. The molecule has 0 unspecified atom stereocenters. The molecule has 5 aromatic rings. The van der Waals surface area contributed by atoms with Crippen LogP contribution in [0.1, 0.15) is 44.9 Å². The Bertz CT molecular complexity index is 1680. The van der Waals surface area contributed by atoms with Gasteiger partial charge >= 0.3 is 0 Å². The fourth-order valence-electron chi connectivity index (χ4n) is 3.94. The molecule has 2 amide bonds. The van der Waals surface area contributed by atoms with E-state index < -0.39 is 23.9 Å². The van der Waals surface area contributed by atoms with E-state index in [-0.39, 0.29) is 21.1 Å². The summed E-state index contributed by atoms with van der Waals surface area (Å²) < 4.78 is 31.0. The molecule has 184 valence electrons. The van der Waals surface area contributed by atoms with Crippen molar-refractivity contribution in [2.45, 2.75) is 26.8 Å². The number of alkyl halides is 2. The molecule has 3 N–H and O–H groups in total. The van der Waals surface area contributed by atoms with Gasteiger partial charge in [0.1, 0.15) is 15.4 Å². The lowest BCUT2D eigenvalue weighted by molar-refractivity contribution is 0.100. The average Bonchev–Trinajstić information content (AvgIpc) is 3.52. The third-order valence-electron chi connectivity index (χ3n) is 5.61. The number of aromatic nitrogens is 6. The summed E-state index contributed by atoms with van der Waals surface area (Å²) in [6.45, 7) is 4.28. The van der Waals surface area contributed by atoms with Crippen molar-refractivity contribution in [2.24, 2.45) is 5.73 Å². The molecule has 5 heterocycles. The molecule has 0 aromatic carbocycles. The van der Waals surface area contributed by atoms with Gasteiger partial charge in [0, 0.05) is 35.6 Å². The standard InChI is InChI=1S/C22H17BrF2N8O2S/c1-3-32-9(2)11(8-28-32)10-7-12(18(24)25)29-22-13(10)15(17(36-22)19(26)34)30-21(35)16-14(23)20-27-5-4-6-33(20)31-16/h4-8,18H,3H2,1-2H3,(H2,26,34)(H,30,35). The van der Waals surface area contributed by atoms with Gasteiger partial charge in [-0.3, -0.25) is 14.3 Å². The number of carbonyl (C=O) groups excluding carboxylic acids is 2. The van der Waals surface area contributed by atoms with Gasteiger partial charge in [0.15, 0.2) is 11.3 Å². The van der Waals surface area contributed by atoms with E-state index in [1.807, 2.05) is 6.92 Å². The quantitative estimate of drug-likeness (QED) is 0.305. The molecule has 36 heavy (non-hydrogen) atoms. The van der Waals surface area contributed by atoms with E-state index in [0.717, 1.165) is 17.0 Å². The second-order valence-electron chi connectivity index (χ2n) is 7.71. The van der Waals surface area contributed by atoms with Crippen LogP contribution in [0.4, 0.5) is 14.5 Å². The normalized spacial score (nSPS) is 11.6. The molecule has 0 aliphatic carbocycles. The van der Waals surface area contributed by atoms with Crippen LogP contribution in [-0.4, -0.2) is 41.2 Å². The van der Waals surface area contributed by atoms with E-state index in [1.54, 1.807) is 36.3 Å². The van der Waals surface area contributed by atoms with Crippen LogP contribution in [0, 0.1) is 6.92 Å². The number of rotatable bonds is 6. The zero-order valence-electron chi connectivity index (χ0n) is 18.8. The van der Waals surface area contributed by atoms with Crippen molar-refractivity contribution in [3.8, 4) is 11.1 Å². The summed E-state index contributed by atoms with van der Waals surface area (Å²) in [4.78, 5) is 34.0. The number of hydrogen-bond acceptors (Lipinski definition) is 7. The monoisotopic (exact) mass is 574 g/mol. The molecule has 0 atom stereocenters. The van der Waals surface area contributed by atoms with E-state index in [0.29, 0.717) is 33.2 Å². The first-order chi connectivity index (χ1) is 17.2. The van der Waals surface area contributed by atoms with Crippen molar-refractivity contribution in [3.05, 3.63) is 57.2 Å². The van der Waals surface area contributed by atoms with Crippen LogP contribution in [-0.2, 0) is 6.54 Å². The van der Waals surface area contributed by atoms with Gasteiger partial charge in [-0.1, -0.05) is 0 Å². The molecular formula is C22H17BrF2N8O2S.